The topological polar surface area (TPSA) is 26.3 Å². The van der Waals surface area contributed by atoms with E-state index < -0.39 is 11.7 Å². The summed E-state index contributed by atoms with van der Waals surface area (Å²) >= 11 is 0. The Kier molecular flexibility index (Phi) is 6.02. The number of halogens is 3. The number of alkyl halides is 3. The lowest BCUT2D eigenvalue weighted by molar-refractivity contribution is -0.144. The normalized spacial score (nSPS) is 10.6. The Morgan fingerprint density at radius 3 is 2.29 bits per heavy atom. The van der Waals surface area contributed by atoms with Crippen LogP contribution in [0.25, 0.3) is 0 Å². The predicted molar refractivity (Wildman–Crippen MR) is 83.8 cm³/mol. The number of hydrogen-bond donors (Lipinski definition) is 0. The Labute approximate surface area is 138 Å². The molecule has 0 saturated heterocycles. The number of hydrogen-bond acceptors (Lipinski definition) is 2. The minimum absolute atomic E-state index is 0.139. The molecule has 0 unspecified atom stereocenters. The molecule has 24 heavy (non-hydrogen) atoms. The molecular weight excluding hydrogens is 317 g/mol. The van der Waals surface area contributed by atoms with Crippen LogP contribution < -0.4 is 0 Å². The summed E-state index contributed by atoms with van der Waals surface area (Å²) in [5.74, 6) is 5.12. The summed E-state index contributed by atoms with van der Waals surface area (Å²) in [5.41, 5.74) is 0.667. The average Bonchev–Trinajstić information content (AvgIpc) is 2.57. The van der Waals surface area contributed by atoms with Gasteiger partial charge in [0, 0.05) is 12.0 Å². The van der Waals surface area contributed by atoms with Crippen LogP contribution in [0, 0.1) is 11.8 Å². The van der Waals surface area contributed by atoms with Crippen LogP contribution in [-0.2, 0) is 22.3 Å². The summed E-state index contributed by atoms with van der Waals surface area (Å²) in [7, 11) is 0. The molecule has 0 heterocycles. The smallest absolute Gasteiger partial charge is 0.416 e. The molecule has 2 aromatic carbocycles. The van der Waals surface area contributed by atoms with Crippen LogP contribution in [0.5, 0.6) is 0 Å². The van der Waals surface area contributed by atoms with Gasteiger partial charge >= 0.3 is 12.1 Å². The SMILES string of the molecule is O=C(CCC#Cc1ccc(C(F)(F)F)cc1)OCc1ccccc1. The van der Waals surface area contributed by atoms with Gasteiger partial charge in [0.15, 0.2) is 0 Å². The number of rotatable bonds is 4. The van der Waals surface area contributed by atoms with E-state index in [1.165, 1.54) is 12.1 Å². The van der Waals surface area contributed by atoms with Gasteiger partial charge in [-0.1, -0.05) is 42.2 Å². The van der Waals surface area contributed by atoms with Crippen LogP contribution in [0.15, 0.2) is 54.6 Å². The summed E-state index contributed by atoms with van der Waals surface area (Å²) in [4.78, 5) is 11.6. The third-order valence-corrected chi connectivity index (χ3v) is 3.14. The van der Waals surface area contributed by atoms with Crippen molar-refractivity contribution in [3.8, 4) is 11.8 Å². The van der Waals surface area contributed by atoms with Gasteiger partial charge in [-0.25, -0.2) is 0 Å². The van der Waals surface area contributed by atoms with Gasteiger partial charge in [0.2, 0.25) is 0 Å². The van der Waals surface area contributed by atoms with E-state index in [2.05, 4.69) is 11.8 Å². The molecule has 124 valence electrons. The van der Waals surface area contributed by atoms with Crippen molar-refractivity contribution in [1.29, 1.82) is 0 Å². The molecule has 0 saturated carbocycles. The highest BCUT2D eigenvalue weighted by atomic mass is 19.4. The Morgan fingerprint density at radius 2 is 1.67 bits per heavy atom. The first kappa shape index (κ1) is 17.6. The first-order valence-corrected chi connectivity index (χ1v) is 7.31. The molecule has 0 fully saturated rings. The molecule has 0 N–H and O–H groups in total. The predicted octanol–water partition coefficient (Wildman–Crippen LogP) is 4.58. The maximum atomic E-state index is 12.4. The van der Waals surface area contributed by atoms with E-state index in [0.717, 1.165) is 17.7 Å². The van der Waals surface area contributed by atoms with Gasteiger partial charge in [-0.05, 0) is 29.8 Å². The van der Waals surface area contributed by atoms with Crippen LogP contribution in [0.4, 0.5) is 13.2 Å². The molecule has 0 aromatic heterocycles. The zero-order valence-corrected chi connectivity index (χ0v) is 12.8. The van der Waals surface area contributed by atoms with E-state index >= 15 is 0 Å². The van der Waals surface area contributed by atoms with Gasteiger partial charge in [0.25, 0.3) is 0 Å². The summed E-state index contributed by atoms with van der Waals surface area (Å²) in [6.07, 6.45) is -3.93. The largest absolute Gasteiger partial charge is 0.461 e. The van der Waals surface area contributed by atoms with E-state index in [9.17, 15) is 18.0 Å². The van der Waals surface area contributed by atoms with E-state index in [-0.39, 0.29) is 25.4 Å². The lowest BCUT2D eigenvalue weighted by Crippen LogP contribution is -2.04. The molecule has 0 aliphatic rings. The van der Waals surface area contributed by atoms with Gasteiger partial charge < -0.3 is 4.74 Å². The van der Waals surface area contributed by atoms with Crippen molar-refractivity contribution >= 4 is 5.97 Å². The second-order valence-corrected chi connectivity index (χ2v) is 5.02. The average molecular weight is 332 g/mol. The van der Waals surface area contributed by atoms with Crippen molar-refractivity contribution in [1.82, 2.24) is 0 Å². The zero-order valence-electron chi connectivity index (χ0n) is 12.8. The Bertz CT molecular complexity index is 723. The molecule has 2 aromatic rings. The number of ether oxygens (including phenoxy) is 1. The van der Waals surface area contributed by atoms with Gasteiger partial charge in [-0.15, -0.1) is 0 Å². The second-order valence-electron chi connectivity index (χ2n) is 5.02. The second kappa shape index (κ2) is 8.21. The molecule has 0 amide bonds. The highest BCUT2D eigenvalue weighted by molar-refractivity contribution is 5.69. The van der Waals surface area contributed by atoms with Gasteiger partial charge in [0.05, 0.1) is 12.0 Å². The van der Waals surface area contributed by atoms with Crippen LogP contribution in [-0.4, -0.2) is 5.97 Å². The summed E-state index contributed by atoms with van der Waals surface area (Å²) in [6, 6.07) is 13.9. The molecule has 0 radical (unpaired) electrons. The maximum Gasteiger partial charge on any atom is 0.416 e. The van der Waals surface area contributed by atoms with Crippen LogP contribution >= 0.6 is 0 Å². The van der Waals surface area contributed by atoms with E-state index in [1.807, 2.05) is 30.3 Å². The quantitative estimate of drug-likeness (QED) is 0.605. The highest BCUT2D eigenvalue weighted by Gasteiger charge is 2.29. The van der Waals surface area contributed by atoms with Crippen molar-refractivity contribution in [2.75, 3.05) is 0 Å². The van der Waals surface area contributed by atoms with Crippen molar-refractivity contribution in [3.05, 3.63) is 71.3 Å². The van der Waals surface area contributed by atoms with E-state index in [1.54, 1.807) is 0 Å². The van der Waals surface area contributed by atoms with E-state index in [0.29, 0.717) is 5.56 Å². The van der Waals surface area contributed by atoms with Crippen molar-refractivity contribution in [3.63, 3.8) is 0 Å². The fourth-order valence-corrected chi connectivity index (χ4v) is 1.88. The Balaban J connectivity index is 1.76. The first-order chi connectivity index (χ1) is 11.4. The molecule has 2 rings (SSSR count). The lowest BCUT2D eigenvalue weighted by Gasteiger charge is -2.05. The van der Waals surface area contributed by atoms with Gasteiger partial charge in [-0.3, -0.25) is 4.79 Å². The summed E-state index contributed by atoms with van der Waals surface area (Å²) in [6.45, 7) is 0.214. The van der Waals surface area contributed by atoms with Crippen LogP contribution in [0.2, 0.25) is 0 Å². The third-order valence-electron chi connectivity index (χ3n) is 3.14. The number of carbonyl (C=O) groups is 1. The molecule has 0 aliphatic heterocycles. The van der Waals surface area contributed by atoms with Gasteiger partial charge in [0.1, 0.15) is 6.61 Å². The Morgan fingerprint density at radius 1 is 1.00 bits per heavy atom. The van der Waals surface area contributed by atoms with Crippen molar-refractivity contribution in [2.24, 2.45) is 0 Å². The molecule has 0 spiro atoms. The maximum absolute atomic E-state index is 12.4. The lowest BCUT2D eigenvalue weighted by atomic mass is 10.1. The standard InChI is InChI=1S/C19H15F3O2/c20-19(21,22)17-12-10-15(11-13-17)6-4-5-9-18(23)24-14-16-7-2-1-3-8-16/h1-3,7-8,10-13H,5,9,14H2. The highest BCUT2D eigenvalue weighted by Crippen LogP contribution is 2.28. The molecular formula is C19H15F3O2. The van der Waals surface area contributed by atoms with Crippen LogP contribution in [0.3, 0.4) is 0 Å². The fraction of sp³-hybridized carbons (Fsp3) is 0.211. The number of benzene rings is 2. The monoisotopic (exact) mass is 332 g/mol. The molecule has 0 atom stereocenters. The molecule has 0 aliphatic carbocycles. The first-order valence-electron chi connectivity index (χ1n) is 7.31. The van der Waals surface area contributed by atoms with Crippen molar-refractivity contribution < 1.29 is 22.7 Å². The molecule has 2 nitrogen and oxygen atoms in total. The van der Waals surface area contributed by atoms with Crippen LogP contribution in [0.1, 0.15) is 29.5 Å². The van der Waals surface area contributed by atoms with Crippen molar-refractivity contribution in [2.45, 2.75) is 25.6 Å². The minimum atomic E-state index is -4.35. The minimum Gasteiger partial charge on any atom is -0.461 e. The van der Waals surface area contributed by atoms with E-state index in [4.69, 9.17) is 4.74 Å². The van der Waals surface area contributed by atoms with Gasteiger partial charge in [-0.2, -0.15) is 13.2 Å². The summed E-state index contributed by atoms with van der Waals surface area (Å²) in [5, 5.41) is 0. The molecule has 0 bridgehead atoms. The fourth-order valence-electron chi connectivity index (χ4n) is 1.88. The number of esters is 1. The number of carbonyl (C=O) groups excluding carboxylic acids is 1. The summed E-state index contributed by atoms with van der Waals surface area (Å²) < 4.78 is 42.4. The third kappa shape index (κ3) is 5.81. The zero-order chi connectivity index (χ0) is 17.4. The molecule has 5 heteroatoms. The Hall–Kier alpha value is -2.74.